The largest absolute Gasteiger partial charge is 0.497 e. The third kappa shape index (κ3) is 4.39. The minimum Gasteiger partial charge on any atom is -0.497 e. The van der Waals surface area contributed by atoms with E-state index in [9.17, 15) is 9.59 Å². The number of fused-ring (bicyclic) bond motifs is 1. The zero-order chi connectivity index (χ0) is 22.7. The number of benzene rings is 2. The molecule has 1 amide bonds. The van der Waals surface area contributed by atoms with Gasteiger partial charge in [-0.15, -0.1) is 0 Å². The van der Waals surface area contributed by atoms with E-state index in [1.165, 1.54) is 6.33 Å². The van der Waals surface area contributed by atoms with Crippen LogP contribution < -0.4 is 15.7 Å². The van der Waals surface area contributed by atoms with Gasteiger partial charge >= 0.3 is 5.63 Å². The van der Waals surface area contributed by atoms with E-state index in [0.717, 1.165) is 22.2 Å². The quantitative estimate of drug-likeness (QED) is 0.449. The van der Waals surface area contributed by atoms with Crippen molar-refractivity contribution in [2.75, 3.05) is 7.11 Å². The first-order valence-electron chi connectivity index (χ1n) is 10.3. The number of carbonyl (C=O) groups is 1. The number of nitrogens with zero attached hydrogens (tertiary/aromatic N) is 3. The molecule has 0 saturated heterocycles. The number of amides is 1. The standard InChI is InChI=1S/C24H24N4O4/c1-15-20-9-8-19(31-3)12-22(20)32-24(30)21(15)10-11-23(29)27-16(2)17-4-6-18(7-5-17)28-14-25-13-26-28/h4-9,12-14,16H,10-11H2,1-3H3,(H,27,29)/t16-/m1/s1. The van der Waals surface area contributed by atoms with Crippen molar-refractivity contribution in [3.63, 3.8) is 0 Å². The first-order valence-corrected chi connectivity index (χ1v) is 10.3. The molecule has 0 fully saturated rings. The fourth-order valence-corrected chi connectivity index (χ4v) is 3.68. The summed E-state index contributed by atoms with van der Waals surface area (Å²) in [6.07, 6.45) is 3.60. The second-order valence-electron chi connectivity index (χ2n) is 7.58. The molecule has 0 aliphatic carbocycles. The van der Waals surface area contributed by atoms with Crippen LogP contribution in [0.5, 0.6) is 5.75 Å². The molecule has 0 spiro atoms. The van der Waals surface area contributed by atoms with Crippen molar-refractivity contribution in [2.45, 2.75) is 32.7 Å². The van der Waals surface area contributed by atoms with Gasteiger partial charge in [-0.05, 0) is 55.7 Å². The van der Waals surface area contributed by atoms with Gasteiger partial charge in [0.1, 0.15) is 24.0 Å². The van der Waals surface area contributed by atoms with Crippen LogP contribution in [0.1, 0.15) is 36.1 Å². The summed E-state index contributed by atoms with van der Waals surface area (Å²) in [4.78, 5) is 29.0. The Labute approximate surface area is 184 Å². The number of rotatable bonds is 7. The molecular formula is C24H24N4O4. The van der Waals surface area contributed by atoms with Gasteiger partial charge in [0.15, 0.2) is 0 Å². The van der Waals surface area contributed by atoms with Crippen LogP contribution in [0.15, 0.2) is 64.3 Å². The third-order valence-electron chi connectivity index (χ3n) is 5.55. The predicted molar refractivity (Wildman–Crippen MR) is 120 cm³/mol. The maximum Gasteiger partial charge on any atom is 0.339 e. The van der Waals surface area contributed by atoms with Gasteiger partial charge in [0.05, 0.1) is 18.8 Å². The van der Waals surface area contributed by atoms with E-state index in [1.807, 2.05) is 50.2 Å². The molecule has 1 atom stereocenters. The Morgan fingerprint density at radius 2 is 2.00 bits per heavy atom. The minimum atomic E-state index is -0.423. The van der Waals surface area contributed by atoms with Crippen molar-refractivity contribution < 1.29 is 13.9 Å². The number of ether oxygens (including phenoxy) is 1. The smallest absolute Gasteiger partial charge is 0.339 e. The Morgan fingerprint density at radius 3 is 2.69 bits per heavy atom. The first-order chi connectivity index (χ1) is 15.5. The average Bonchev–Trinajstić information content (AvgIpc) is 3.33. The van der Waals surface area contributed by atoms with Gasteiger partial charge < -0.3 is 14.5 Å². The maximum absolute atomic E-state index is 12.5. The summed E-state index contributed by atoms with van der Waals surface area (Å²) in [5.74, 6) is 0.488. The van der Waals surface area contributed by atoms with E-state index in [0.29, 0.717) is 23.3 Å². The maximum atomic E-state index is 12.5. The Balaban J connectivity index is 1.41. The van der Waals surface area contributed by atoms with Gasteiger partial charge in [-0.1, -0.05) is 12.1 Å². The van der Waals surface area contributed by atoms with E-state index < -0.39 is 5.63 Å². The molecule has 4 aromatic rings. The van der Waals surface area contributed by atoms with Crippen LogP contribution in [0.4, 0.5) is 0 Å². The average molecular weight is 432 g/mol. The van der Waals surface area contributed by atoms with Crippen LogP contribution in [0, 0.1) is 6.92 Å². The van der Waals surface area contributed by atoms with Gasteiger partial charge in [-0.2, -0.15) is 5.10 Å². The molecule has 0 radical (unpaired) electrons. The molecule has 0 saturated carbocycles. The summed E-state index contributed by atoms with van der Waals surface area (Å²) < 4.78 is 12.3. The summed E-state index contributed by atoms with van der Waals surface area (Å²) in [7, 11) is 1.56. The van der Waals surface area contributed by atoms with Crippen molar-refractivity contribution in [2.24, 2.45) is 0 Å². The Kier molecular flexibility index (Phi) is 6.02. The molecule has 0 unspecified atom stereocenters. The highest BCUT2D eigenvalue weighted by Crippen LogP contribution is 2.24. The lowest BCUT2D eigenvalue weighted by molar-refractivity contribution is -0.121. The normalized spacial score (nSPS) is 12.0. The summed E-state index contributed by atoms with van der Waals surface area (Å²) in [6.45, 7) is 3.80. The fraction of sp³-hybridized carbons (Fsp3) is 0.250. The van der Waals surface area contributed by atoms with Gasteiger partial charge in [-0.25, -0.2) is 14.5 Å². The van der Waals surface area contributed by atoms with Crippen LogP contribution in [0.2, 0.25) is 0 Å². The predicted octanol–water partition coefficient (Wildman–Crippen LogP) is 3.50. The Morgan fingerprint density at radius 1 is 1.22 bits per heavy atom. The summed E-state index contributed by atoms with van der Waals surface area (Å²) in [6, 6.07) is 12.9. The number of hydrogen-bond donors (Lipinski definition) is 1. The van der Waals surface area contributed by atoms with Gasteiger partial charge in [0, 0.05) is 23.4 Å². The van der Waals surface area contributed by atoms with Gasteiger partial charge in [0.2, 0.25) is 5.91 Å². The molecule has 4 rings (SSSR count). The van der Waals surface area contributed by atoms with Gasteiger partial charge in [-0.3, -0.25) is 4.79 Å². The molecule has 0 bridgehead atoms. The lowest BCUT2D eigenvalue weighted by Gasteiger charge is -2.15. The highest BCUT2D eigenvalue weighted by atomic mass is 16.5. The fourth-order valence-electron chi connectivity index (χ4n) is 3.68. The monoisotopic (exact) mass is 432 g/mol. The molecule has 164 valence electrons. The highest BCUT2D eigenvalue weighted by Gasteiger charge is 2.15. The van der Waals surface area contributed by atoms with E-state index >= 15 is 0 Å². The van der Waals surface area contributed by atoms with Crippen LogP contribution in [0.3, 0.4) is 0 Å². The van der Waals surface area contributed by atoms with Crippen LogP contribution in [-0.2, 0) is 11.2 Å². The van der Waals surface area contributed by atoms with Crippen molar-refractivity contribution in [1.82, 2.24) is 20.1 Å². The molecule has 0 aliphatic heterocycles. The second-order valence-corrected chi connectivity index (χ2v) is 7.58. The van der Waals surface area contributed by atoms with Crippen molar-refractivity contribution in [1.29, 1.82) is 0 Å². The van der Waals surface area contributed by atoms with E-state index in [-0.39, 0.29) is 18.4 Å². The van der Waals surface area contributed by atoms with Gasteiger partial charge in [0.25, 0.3) is 0 Å². The Hall–Kier alpha value is -3.94. The molecular weight excluding hydrogens is 408 g/mol. The molecule has 2 aromatic carbocycles. The first kappa shape index (κ1) is 21.3. The highest BCUT2D eigenvalue weighted by molar-refractivity contribution is 5.82. The van der Waals surface area contributed by atoms with Crippen molar-refractivity contribution in [3.05, 3.63) is 82.2 Å². The number of aryl methyl sites for hydroxylation is 1. The summed E-state index contributed by atoms with van der Waals surface area (Å²) >= 11 is 0. The van der Waals surface area contributed by atoms with Crippen molar-refractivity contribution in [3.8, 4) is 11.4 Å². The Bertz CT molecular complexity index is 1290. The number of aromatic nitrogens is 3. The third-order valence-corrected chi connectivity index (χ3v) is 5.55. The minimum absolute atomic E-state index is 0.133. The molecule has 8 heteroatoms. The van der Waals surface area contributed by atoms with Crippen LogP contribution >= 0.6 is 0 Å². The second kappa shape index (κ2) is 9.05. The van der Waals surface area contributed by atoms with E-state index in [2.05, 4.69) is 15.4 Å². The number of hydrogen-bond acceptors (Lipinski definition) is 6. The molecule has 2 aromatic heterocycles. The summed E-state index contributed by atoms with van der Waals surface area (Å²) in [5.41, 5.74) is 3.25. The summed E-state index contributed by atoms with van der Waals surface area (Å²) in [5, 5.41) is 7.92. The molecule has 1 N–H and O–H groups in total. The molecule has 2 heterocycles. The van der Waals surface area contributed by atoms with Crippen molar-refractivity contribution >= 4 is 16.9 Å². The zero-order valence-corrected chi connectivity index (χ0v) is 18.2. The molecule has 0 aliphatic rings. The van der Waals surface area contributed by atoms with Crippen LogP contribution in [-0.4, -0.2) is 27.8 Å². The SMILES string of the molecule is COc1ccc2c(C)c(CCC(=O)N[C@H](C)c3ccc(-n4cncn4)cc3)c(=O)oc2c1. The van der Waals surface area contributed by atoms with Crippen LogP contribution in [0.25, 0.3) is 16.7 Å². The number of carbonyl (C=O) groups excluding carboxylic acids is 1. The molecule has 32 heavy (non-hydrogen) atoms. The number of methoxy groups -OCH3 is 1. The van der Waals surface area contributed by atoms with E-state index in [1.54, 1.807) is 24.2 Å². The lowest BCUT2D eigenvalue weighted by Crippen LogP contribution is -2.27. The zero-order valence-electron chi connectivity index (χ0n) is 18.2. The lowest BCUT2D eigenvalue weighted by atomic mass is 10.0. The topological polar surface area (TPSA) is 99.2 Å². The van der Waals surface area contributed by atoms with E-state index in [4.69, 9.17) is 9.15 Å². The molecule has 8 nitrogen and oxygen atoms in total. The number of nitrogens with one attached hydrogen (secondary N) is 1.